The molecule has 2 rings (SSSR count). The summed E-state index contributed by atoms with van der Waals surface area (Å²) in [5, 5.41) is 0.562. The number of likely N-dealkylation sites (tertiary alicyclic amines) is 1. The minimum absolute atomic E-state index is 0.0671. The van der Waals surface area contributed by atoms with Gasteiger partial charge in [0.05, 0.1) is 10.6 Å². The monoisotopic (exact) mass is 223 g/mol. The van der Waals surface area contributed by atoms with Gasteiger partial charge >= 0.3 is 0 Å². The lowest BCUT2D eigenvalue weighted by atomic mass is 10.1. The second-order valence-corrected chi connectivity index (χ2v) is 4.39. The molecule has 0 atom stereocenters. The highest BCUT2D eigenvalue weighted by atomic mass is 35.5. The van der Waals surface area contributed by atoms with Crippen LogP contribution in [0.3, 0.4) is 0 Å². The van der Waals surface area contributed by atoms with Gasteiger partial charge in [-0.1, -0.05) is 17.7 Å². The van der Waals surface area contributed by atoms with Gasteiger partial charge in [0.25, 0.3) is 5.91 Å². The highest BCUT2D eigenvalue weighted by Crippen LogP contribution is 2.21. The molecule has 0 spiro atoms. The van der Waals surface area contributed by atoms with Crippen molar-refractivity contribution in [2.75, 3.05) is 13.1 Å². The van der Waals surface area contributed by atoms with Gasteiger partial charge in [0.1, 0.15) is 0 Å². The molecular weight excluding hydrogens is 210 g/mol. The second kappa shape index (κ2) is 4.23. The SMILES string of the molecule is Cc1ccc(C(=O)N2CCCC2)c(Cl)c1. The number of hydrogen-bond donors (Lipinski definition) is 0. The van der Waals surface area contributed by atoms with Crippen LogP contribution in [0.15, 0.2) is 18.2 Å². The minimum atomic E-state index is 0.0671. The first-order chi connectivity index (χ1) is 7.18. The topological polar surface area (TPSA) is 20.3 Å². The second-order valence-electron chi connectivity index (χ2n) is 3.98. The number of carbonyl (C=O) groups excluding carboxylic acids is 1. The van der Waals surface area contributed by atoms with Gasteiger partial charge in [-0.2, -0.15) is 0 Å². The van der Waals surface area contributed by atoms with Crippen LogP contribution in [0.5, 0.6) is 0 Å². The van der Waals surface area contributed by atoms with Crippen molar-refractivity contribution in [2.45, 2.75) is 19.8 Å². The van der Waals surface area contributed by atoms with Gasteiger partial charge in [0, 0.05) is 13.1 Å². The summed E-state index contributed by atoms with van der Waals surface area (Å²) in [6.45, 7) is 3.70. The Morgan fingerprint density at radius 2 is 2.00 bits per heavy atom. The van der Waals surface area contributed by atoms with E-state index in [-0.39, 0.29) is 5.91 Å². The van der Waals surface area contributed by atoms with Crippen LogP contribution in [0.4, 0.5) is 0 Å². The van der Waals surface area contributed by atoms with E-state index in [4.69, 9.17) is 11.6 Å². The fourth-order valence-electron chi connectivity index (χ4n) is 1.88. The van der Waals surface area contributed by atoms with E-state index in [9.17, 15) is 4.79 Å². The van der Waals surface area contributed by atoms with Crippen LogP contribution < -0.4 is 0 Å². The average Bonchev–Trinajstić information content (AvgIpc) is 2.69. The van der Waals surface area contributed by atoms with Gasteiger partial charge in [0.2, 0.25) is 0 Å². The molecule has 1 aromatic rings. The number of hydrogen-bond acceptors (Lipinski definition) is 1. The van der Waals surface area contributed by atoms with Crippen molar-refractivity contribution >= 4 is 17.5 Å². The smallest absolute Gasteiger partial charge is 0.255 e. The molecule has 0 N–H and O–H groups in total. The molecule has 1 amide bonds. The summed E-state index contributed by atoms with van der Waals surface area (Å²) in [4.78, 5) is 13.9. The highest BCUT2D eigenvalue weighted by molar-refractivity contribution is 6.33. The molecule has 0 bridgehead atoms. The number of nitrogens with zero attached hydrogens (tertiary/aromatic N) is 1. The Hall–Kier alpha value is -1.02. The van der Waals surface area contributed by atoms with Crippen LogP contribution in [0, 0.1) is 6.92 Å². The third kappa shape index (κ3) is 2.15. The number of carbonyl (C=O) groups is 1. The summed E-state index contributed by atoms with van der Waals surface area (Å²) in [6.07, 6.45) is 2.21. The maximum atomic E-state index is 12.0. The standard InChI is InChI=1S/C12H14ClNO/c1-9-4-5-10(11(13)8-9)12(15)14-6-2-3-7-14/h4-5,8H,2-3,6-7H2,1H3. The molecule has 1 aromatic carbocycles. The fourth-order valence-corrected chi connectivity index (χ4v) is 2.20. The molecule has 3 heteroatoms. The summed E-state index contributed by atoms with van der Waals surface area (Å²) < 4.78 is 0. The maximum Gasteiger partial charge on any atom is 0.255 e. The summed E-state index contributed by atoms with van der Waals surface area (Å²) in [6, 6.07) is 5.58. The van der Waals surface area contributed by atoms with Crippen molar-refractivity contribution in [2.24, 2.45) is 0 Å². The van der Waals surface area contributed by atoms with Gasteiger partial charge in [-0.3, -0.25) is 4.79 Å². The van der Waals surface area contributed by atoms with Gasteiger partial charge in [-0.15, -0.1) is 0 Å². The molecule has 0 radical (unpaired) electrons. The molecule has 1 aliphatic heterocycles. The molecule has 0 aromatic heterocycles. The van der Waals surface area contributed by atoms with E-state index in [1.165, 1.54) is 0 Å². The summed E-state index contributed by atoms with van der Waals surface area (Å²) in [7, 11) is 0. The molecule has 0 unspecified atom stereocenters. The molecule has 1 fully saturated rings. The zero-order valence-corrected chi connectivity index (χ0v) is 9.55. The van der Waals surface area contributed by atoms with Crippen LogP contribution in [0.25, 0.3) is 0 Å². The predicted octanol–water partition coefficient (Wildman–Crippen LogP) is 2.88. The van der Waals surface area contributed by atoms with Crippen LogP contribution in [-0.4, -0.2) is 23.9 Å². The summed E-state index contributed by atoms with van der Waals surface area (Å²) >= 11 is 6.06. The third-order valence-electron chi connectivity index (χ3n) is 2.75. The quantitative estimate of drug-likeness (QED) is 0.717. The van der Waals surface area contributed by atoms with Crippen LogP contribution in [0.2, 0.25) is 5.02 Å². The molecule has 1 saturated heterocycles. The first-order valence-corrected chi connectivity index (χ1v) is 5.62. The van der Waals surface area contributed by atoms with E-state index in [0.29, 0.717) is 10.6 Å². The van der Waals surface area contributed by atoms with E-state index < -0.39 is 0 Å². The lowest BCUT2D eigenvalue weighted by molar-refractivity contribution is 0.0793. The minimum Gasteiger partial charge on any atom is -0.339 e. The van der Waals surface area contributed by atoms with E-state index in [0.717, 1.165) is 31.5 Å². The lowest BCUT2D eigenvalue weighted by Crippen LogP contribution is -2.27. The molecule has 1 heterocycles. The van der Waals surface area contributed by atoms with E-state index in [1.807, 2.05) is 30.0 Å². The molecule has 15 heavy (non-hydrogen) atoms. The van der Waals surface area contributed by atoms with Crippen molar-refractivity contribution in [3.8, 4) is 0 Å². The number of amides is 1. The molecule has 0 aliphatic carbocycles. The third-order valence-corrected chi connectivity index (χ3v) is 3.06. The maximum absolute atomic E-state index is 12.0. The fraction of sp³-hybridized carbons (Fsp3) is 0.417. The van der Waals surface area contributed by atoms with Crippen LogP contribution in [-0.2, 0) is 0 Å². The molecule has 0 saturated carbocycles. The Bertz CT molecular complexity index is 383. The Morgan fingerprint density at radius 3 is 2.60 bits per heavy atom. The largest absolute Gasteiger partial charge is 0.339 e. The van der Waals surface area contributed by atoms with Crippen molar-refractivity contribution in [3.05, 3.63) is 34.3 Å². The highest BCUT2D eigenvalue weighted by Gasteiger charge is 2.21. The van der Waals surface area contributed by atoms with Crippen molar-refractivity contribution in [1.29, 1.82) is 0 Å². The number of halogens is 1. The molecule has 2 nitrogen and oxygen atoms in total. The van der Waals surface area contributed by atoms with Crippen molar-refractivity contribution in [3.63, 3.8) is 0 Å². The van der Waals surface area contributed by atoms with Gasteiger partial charge in [-0.05, 0) is 37.5 Å². The molecular formula is C12H14ClNO. The Morgan fingerprint density at radius 1 is 1.33 bits per heavy atom. The number of benzene rings is 1. The first-order valence-electron chi connectivity index (χ1n) is 5.24. The average molecular weight is 224 g/mol. The van der Waals surface area contributed by atoms with Crippen LogP contribution >= 0.6 is 11.6 Å². The number of rotatable bonds is 1. The molecule has 1 aliphatic rings. The van der Waals surface area contributed by atoms with E-state index in [2.05, 4.69) is 0 Å². The first kappa shape index (κ1) is 10.5. The van der Waals surface area contributed by atoms with Crippen LogP contribution in [0.1, 0.15) is 28.8 Å². The Labute approximate surface area is 94.8 Å². The van der Waals surface area contributed by atoms with E-state index >= 15 is 0 Å². The van der Waals surface area contributed by atoms with Gasteiger partial charge < -0.3 is 4.90 Å². The van der Waals surface area contributed by atoms with E-state index in [1.54, 1.807) is 0 Å². The van der Waals surface area contributed by atoms with Crippen molar-refractivity contribution < 1.29 is 4.79 Å². The molecule has 80 valence electrons. The summed E-state index contributed by atoms with van der Waals surface area (Å²) in [5.74, 6) is 0.0671. The van der Waals surface area contributed by atoms with Gasteiger partial charge in [0.15, 0.2) is 0 Å². The Kier molecular flexibility index (Phi) is 2.96. The normalized spacial score (nSPS) is 15.7. The number of aryl methyl sites for hydroxylation is 1. The Balaban J connectivity index is 2.24. The zero-order valence-electron chi connectivity index (χ0n) is 8.79. The summed E-state index contributed by atoms with van der Waals surface area (Å²) in [5.41, 5.74) is 1.71. The van der Waals surface area contributed by atoms with Gasteiger partial charge in [-0.25, -0.2) is 0 Å². The lowest BCUT2D eigenvalue weighted by Gasteiger charge is -2.16. The predicted molar refractivity (Wildman–Crippen MR) is 61.3 cm³/mol. The van der Waals surface area contributed by atoms with Crippen molar-refractivity contribution in [1.82, 2.24) is 4.90 Å². The zero-order chi connectivity index (χ0) is 10.8.